The molecule has 0 radical (unpaired) electrons. The molecular formula is C7H6O8. The molecule has 8 nitrogen and oxygen atoms in total. The molecule has 0 saturated carbocycles. The summed E-state index contributed by atoms with van der Waals surface area (Å²) in [6, 6.07) is 0. The monoisotopic (exact) mass is 218 g/mol. The van der Waals surface area contributed by atoms with Gasteiger partial charge in [0.05, 0.1) is 0 Å². The molecule has 0 spiro atoms. The zero-order chi connectivity index (χ0) is 11.8. The average molecular weight is 218 g/mol. The molecule has 4 N–H and O–H groups in total. The molecule has 0 aliphatic carbocycles. The lowest BCUT2D eigenvalue weighted by Crippen LogP contribution is -2.52. The second-order valence-corrected chi connectivity index (χ2v) is 2.77. The van der Waals surface area contributed by atoms with Crippen molar-refractivity contribution in [3.05, 3.63) is 11.5 Å². The minimum atomic E-state index is -3.12. The molecule has 82 valence electrons. The maximum atomic E-state index is 10.7. The molecule has 1 heterocycles. The molecule has 2 atom stereocenters. The van der Waals surface area contributed by atoms with Crippen LogP contribution >= 0.6 is 0 Å². The fourth-order valence-corrected chi connectivity index (χ4v) is 0.970. The van der Waals surface area contributed by atoms with E-state index in [0.29, 0.717) is 0 Å². The summed E-state index contributed by atoms with van der Waals surface area (Å²) >= 11 is 0. The highest BCUT2D eigenvalue weighted by atomic mass is 16.6. The average Bonchev–Trinajstić information content (AvgIpc) is 2.45. The molecule has 0 fully saturated rings. The summed E-state index contributed by atoms with van der Waals surface area (Å²) in [7, 11) is 0. The number of ether oxygens (including phenoxy) is 1. The van der Waals surface area contributed by atoms with Crippen molar-refractivity contribution in [3.63, 3.8) is 0 Å². The summed E-state index contributed by atoms with van der Waals surface area (Å²) in [4.78, 5) is 31.6. The summed E-state index contributed by atoms with van der Waals surface area (Å²) in [5.74, 6) is -5.87. The fraction of sp³-hybridized carbons (Fsp3) is 0.286. The molecule has 0 amide bonds. The molecular weight excluding hydrogens is 212 g/mol. The third kappa shape index (κ3) is 1.40. The van der Waals surface area contributed by atoms with Crippen molar-refractivity contribution in [3.8, 4) is 0 Å². The number of aliphatic carboxylic acids is 1. The molecule has 0 unspecified atom stereocenters. The van der Waals surface area contributed by atoms with Crippen molar-refractivity contribution in [2.24, 2.45) is 0 Å². The number of carbonyl (C=O) groups excluding carboxylic acids is 2. The van der Waals surface area contributed by atoms with Crippen LogP contribution in [0.15, 0.2) is 11.5 Å². The van der Waals surface area contributed by atoms with Gasteiger partial charge in [-0.25, -0.2) is 9.59 Å². The van der Waals surface area contributed by atoms with Crippen molar-refractivity contribution in [1.29, 1.82) is 0 Å². The van der Waals surface area contributed by atoms with E-state index in [9.17, 15) is 19.5 Å². The Bertz CT molecular complexity index is 369. The van der Waals surface area contributed by atoms with E-state index in [0.717, 1.165) is 0 Å². The third-order valence-electron chi connectivity index (χ3n) is 1.83. The molecule has 1 rings (SSSR count). The zero-order valence-corrected chi connectivity index (χ0v) is 7.08. The van der Waals surface area contributed by atoms with E-state index in [4.69, 9.17) is 15.3 Å². The first kappa shape index (κ1) is 11.0. The van der Waals surface area contributed by atoms with Crippen LogP contribution in [-0.4, -0.2) is 50.4 Å². The van der Waals surface area contributed by atoms with Gasteiger partial charge >= 0.3 is 11.9 Å². The van der Waals surface area contributed by atoms with Gasteiger partial charge < -0.3 is 25.2 Å². The van der Waals surface area contributed by atoms with Gasteiger partial charge in [0.25, 0.3) is 5.60 Å². The molecule has 1 aliphatic rings. The van der Waals surface area contributed by atoms with Crippen molar-refractivity contribution >= 4 is 18.2 Å². The second-order valence-electron chi connectivity index (χ2n) is 2.77. The van der Waals surface area contributed by atoms with Gasteiger partial charge in [0.15, 0.2) is 12.0 Å². The maximum Gasteiger partial charge on any atom is 0.378 e. The smallest absolute Gasteiger partial charge is 0.378 e. The van der Waals surface area contributed by atoms with Gasteiger partial charge in [-0.15, -0.1) is 0 Å². The Balaban J connectivity index is 3.16. The lowest BCUT2D eigenvalue weighted by Gasteiger charge is -2.21. The first-order chi connectivity index (χ1) is 6.84. The van der Waals surface area contributed by atoms with Crippen LogP contribution in [0.3, 0.4) is 0 Å². The Morgan fingerprint density at radius 2 is 2.00 bits per heavy atom. The zero-order valence-electron chi connectivity index (χ0n) is 7.08. The summed E-state index contributed by atoms with van der Waals surface area (Å²) in [6.07, 6.45) is -2.55. The standard InChI is InChI=1S/C7H6O8/c8-1-7(14,6(12)13)4-2(9)3(10)5(11)15-4/h1,4,9-10,14H,(H,12,13)/t4-,7+/m0/s1. The molecule has 0 aromatic carbocycles. The van der Waals surface area contributed by atoms with E-state index in [1.807, 2.05) is 0 Å². The minimum Gasteiger partial charge on any atom is -0.505 e. The molecule has 0 aromatic rings. The van der Waals surface area contributed by atoms with Crippen LogP contribution in [0.5, 0.6) is 0 Å². The lowest BCUT2D eigenvalue weighted by molar-refractivity contribution is -0.176. The molecule has 8 heteroatoms. The lowest BCUT2D eigenvalue weighted by atomic mass is 9.97. The number of aliphatic hydroxyl groups excluding tert-OH is 2. The first-order valence-corrected chi connectivity index (χ1v) is 3.59. The van der Waals surface area contributed by atoms with E-state index >= 15 is 0 Å². The number of carboxylic acid groups (broad SMARTS) is 1. The molecule has 0 bridgehead atoms. The summed E-state index contributed by atoms with van der Waals surface area (Å²) in [5.41, 5.74) is -3.12. The van der Waals surface area contributed by atoms with Crippen LogP contribution < -0.4 is 0 Å². The second kappa shape index (κ2) is 3.24. The number of rotatable bonds is 3. The number of carbonyl (C=O) groups is 3. The van der Waals surface area contributed by atoms with Crippen LogP contribution in [0.2, 0.25) is 0 Å². The number of esters is 1. The number of cyclic esters (lactones) is 1. The summed E-state index contributed by atoms with van der Waals surface area (Å²) in [5, 5.41) is 35.6. The Morgan fingerprint density at radius 3 is 2.27 bits per heavy atom. The van der Waals surface area contributed by atoms with Crippen LogP contribution in [0.4, 0.5) is 0 Å². The first-order valence-electron chi connectivity index (χ1n) is 3.59. The highest BCUT2D eigenvalue weighted by molar-refractivity contribution is 5.99. The third-order valence-corrected chi connectivity index (χ3v) is 1.83. The van der Waals surface area contributed by atoms with Crippen LogP contribution in [0, 0.1) is 0 Å². The van der Waals surface area contributed by atoms with Gasteiger partial charge in [0.2, 0.25) is 11.9 Å². The number of carboxylic acids is 1. The predicted octanol–water partition coefficient (Wildman–Crippen LogP) is -1.75. The van der Waals surface area contributed by atoms with Crippen molar-refractivity contribution < 1.29 is 39.5 Å². The quantitative estimate of drug-likeness (QED) is 0.248. The van der Waals surface area contributed by atoms with E-state index in [-0.39, 0.29) is 0 Å². The Morgan fingerprint density at radius 1 is 1.47 bits per heavy atom. The number of aliphatic hydroxyl groups is 3. The molecule has 15 heavy (non-hydrogen) atoms. The minimum absolute atomic E-state index is 0.415. The van der Waals surface area contributed by atoms with Crippen molar-refractivity contribution in [2.75, 3.05) is 0 Å². The van der Waals surface area contributed by atoms with Crippen molar-refractivity contribution in [2.45, 2.75) is 11.7 Å². The van der Waals surface area contributed by atoms with Gasteiger partial charge in [0.1, 0.15) is 0 Å². The van der Waals surface area contributed by atoms with Gasteiger partial charge in [-0.05, 0) is 0 Å². The van der Waals surface area contributed by atoms with E-state index in [2.05, 4.69) is 4.74 Å². The van der Waals surface area contributed by atoms with Crippen LogP contribution in [0.25, 0.3) is 0 Å². The number of hydrogen-bond donors (Lipinski definition) is 4. The predicted molar refractivity (Wildman–Crippen MR) is 40.8 cm³/mol. The highest BCUT2D eigenvalue weighted by Gasteiger charge is 2.54. The molecule has 1 aliphatic heterocycles. The molecule has 0 saturated heterocycles. The van der Waals surface area contributed by atoms with Gasteiger partial charge in [-0.1, -0.05) is 0 Å². The van der Waals surface area contributed by atoms with E-state index < -0.39 is 41.4 Å². The van der Waals surface area contributed by atoms with Gasteiger partial charge in [0, 0.05) is 0 Å². The van der Waals surface area contributed by atoms with Crippen LogP contribution in [-0.2, 0) is 19.1 Å². The SMILES string of the molecule is O=C[C@](O)(C(=O)O)[C@H]1OC(=O)C(O)=C1O. The Labute approximate surface area is 82.0 Å². The fourth-order valence-electron chi connectivity index (χ4n) is 0.970. The normalized spacial score (nSPS) is 24.6. The van der Waals surface area contributed by atoms with Gasteiger partial charge in [-0.3, -0.25) is 4.79 Å². The largest absolute Gasteiger partial charge is 0.505 e. The highest BCUT2D eigenvalue weighted by Crippen LogP contribution is 2.26. The topological polar surface area (TPSA) is 141 Å². The van der Waals surface area contributed by atoms with E-state index in [1.165, 1.54) is 0 Å². The number of hydrogen-bond acceptors (Lipinski definition) is 7. The number of aldehydes is 1. The molecule has 0 aromatic heterocycles. The Kier molecular flexibility index (Phi) is 2.37. The maximum absolute atomic E-state index is 10.7. The summed E-state index contributed by atoms with van der Waals surface area (Å²) in [6.45, 7) is 0. The van der Waals surface area contributed by atoms with E-state index in [1.54, 1.807) is 0 Å². The van der Waals surface area contributed by atoms with Crippen molar-refractivity contribution in [1.82, 2.24) is 0 Å². The summed E-state index contributed by atoms with van der Waals surface area (Å²) < 4.78 is 4.13. The Hall–Kier alpha value is -2.09. The van der Waals surface area contributed by atoms with Crippen LogP contribution in [0.1, 0.15) is 0 Å². The van der Waals surface area contributed by atoms with Gasteiger partial charge in [-0.2, -0.15) is 0 Å².